The Hall–Kier alpha value is -9.16. The van der Waals surface area contributed by atoms with Crippen molar-refractivity contribution in [2.45, 2.75) is 5.41 Å². The third-order valence-corrected chi connectivity index (χ3v) is 11.0. The van der Waals surface area contributed by atoms with Crippen molar-refractivity contribution in [2.75, 3.05) is 44.2 Å². The van der Waals surface area contributed by atoms with Gasteiger partial charge in [-0.3, -0.25) is 19.2 Å². The quantitative estimate of drug-likeness (QED) is 0.0436. The summed E-state index contributed by atoms with van der Waals surface area (Å²) in [5.74, 6) is -1.19. The molecule has 8 rings (SSSR count). The van der Waals surface area contributed by atoms with Crippen LogP contribution in [0, 0.1) is 0 Å². The molecule has 0 saturated carbocycles. The number of amides is 4. The molecular formula is C53H44N8O4. The van der Waals surface area contributed by atoms with Crippen molar-refractivity contribution in [3.8, 4) is 0 Å². The van der Waals surface area contributed by atoms with Crippen LogP contribution >= 0.6 is 0 Å². The van der Waals surface area contributed by atoms with Crippen LogP contribution in [-0.2, 0) is 5.41 Å². The van der Waals surface area contributed by atoms with Crippen LogP contribution in [0.4, 0.5) is 45.5 Å². The highest BCUT2D eigenvalue weighted by Gasteiger charge is 2.39. The van der Waals surface area contributed by atoms with Crippen molar-refractivity contribution >= 4 is 69.1 Å². The summed E-state index contributed by atoms with van der Waals surface area (Å²) >= 11 is 0. The fourth-order valence-electron chi connectivity index (χ4n) is 7.57. The van der Waals surface area contributed by atoms with Gasteiger partial charge in [-0.2, -0.15) is 0 Å². The highest BCUT2D eigenvalue weighted by molar-refractivity contribution is 6.06. The first-order valence-electron chi connectivity index (χ1n) is 20.5. The van der Waals surface area contributed by atoms with Gasteiger partial charge in [-0.05, 0) is 168 Å². The van der Waals surface area contributed by atoms with Gasteiger partial charge in [0.05, 0.1) is 5.41 Å². The van der Waals surface area contributed by atoms with Crippen molar-refractivity contribution in [3.05, 3.63) is 239 Å². The van der Waals surface area contributed by atoms with Gasteiger partial charge in [-0.1, -0.05) is 48.5 Å². The monoisotopic (exact) mass is 856 g/mol. The molecule has 12 nitrogen and oxygen atoms in total. The van der Waals surface area contributed by atoms with E-state index in [1.165, 1.54) is 0 Å². The number of anilines is 8. The zero-order valence-electron chi connectivity index (χ0n) is 34.9. The predicted octanol–water partition coefficient (Wildman–Crippen LogP) is 9.41. The molecule has 0 aliphatic heterocycles. The van der Waals surface area contributed by atoms with Crippen molar-refractivity contribution in [1.29, 1.82) is 0 Å². The zero-order chi connectivity index (χ0) is 45.5. The zero-order valence-corrected chi connectivity index (χ0v) is 34.9. The molecule has 12 heteroatoms. The first kappa shape index (κ1) is 42.5. The van der Waals surface area contributed by atoms with E-state index in [1.54, 1.807) is 97.1 Å². The summed E-state index contributed by atoms with van der Waals surface area (Å²) < 4.78 is 0. The lowest BCUT2D eigenvalue weighted by Crippen LogP contribution is -2.31. The maximum Gasteiger partial charge on any atom is 0.255 e. The second-order valence-corrected chi connectivity index (χ2v) is 15.4. The van der Waals surface area contributed by atoms with E-state index in [9.17, 15) is 19.2 Å². The van der Waals surface area contributed by atoms with Crippen LogP contribution in [0.3, 0.4) is 0 Å². The Balaban J connectivity index is 1.22. The van der Waals surface area contributed by atoms with Gasteiger partial charge in [0.1, 0.15) is 0 Å². The minimum absolute atomic E-state index is 0.297. The summed E-state index contributed by atoms with van der Waals surface area (Å²) in [4.78, 5) is 53.0. The minimum atomic E-state index is -1.06. The average molecular weight is 857 g/mol. The Labute approximate surface area is 375 Å². The maximum absolute atomic E-state index is 13.3. The lowest BCUT2D eigenvalue weighted by atomic mass is 9.65. The van der Waals surface area contributed by atoms with Crippen LogP contribution in [0.1, 0.15) is 63.7 Å². The lowest BCUT2D eigenvalue weighted by Gasteiger charge is -2.37. The van der Waals surface area contributed by atoms with Gasteiger partial charge in [0.2, 0.25) is 0 Å². The Morgan fingerprint density at radius 2 is 0.431 bits per heavy atom. The van der Waals surface area contributed by atoms with Crippen molar-refractivity contribution in [1.82, 2.24) is 0 Å². The summed E-state index contributed by atoms with van der Waals surface area (Å²) in [7, 11) is 0. The predicted molar refractivity (Wildman–Crippen MR) is 260 cm³/mol. The van der Waals surface area contributed by atoms with E-state index in [0.29, 0.717) is 67.8 Å². The molecule has 0 bridgehead atoms. The minimum Gasteiger partial charge on any atom is -0.399 e. The molecule has 0 unspecified atom stereocenters. The molecule has 0 aliphatic carbocycles. The number of nitrogen functional groups attached to an aromatic ring is 4. The molecule has 65 heavy (non-hydrogen) atoms. The molecule has 0 aromatic heterocycles. The van der Waals surface area contributed by atoms with E-state index in [1.807, 2.05) is 97.1 Å². The Morgan fingerprint density at radius 3 is 0.600 bits per heavy atom. The SMILES string of the molecule is Nc1ccc(C(=O)Nc2ccc(C(c3ccc(NC(=O)c4ccc(N)cc4)cc3)(c3ccc(NC(=O)c4ccc(N)cc4)cc3)c3ccc(NC(=O)c4ccc(N)cc4)cc3)cc2)cc1. The molecular weight excluding hydrogens is 813 g/mol. The van der Waals surface area contributed by atoms with E-state index >= 15 is 0 Å². The molecule has 320 valence electrons. The topological polar surface area (TPSA) is 220 Å². The van der Waals surface area contributed by atoms with Gasteiger partial charge in [-0.15, -0.1) is 0 Å². The van der Waals surface area contributed by atoms with Crippen LogP contribution in [0.2, 0.25) is 0 Å². The summed E-state index contributed by atoms with van der Waals surface area (Å²) in [6.07, 6.45) is 0. The van der Waals surface area contributed by atoms with Crippen molar-refractivity contribution in [2.24, 2.45) is 0 Å². The van der Waals surface area contributed by atoms with Gasteiger partial charge >= 0.3 is 0 Å². The van der Waals surface area contributed by atoms with E-state index < -0.39 is 5.41 Å². The van der Waals surface area contributed by atoms with Gasteiger partial charge in [0.15, 0.2) is 0 Å². The maximum atomic E-state index is 13.3. The molecule has 0 spiro atoms. The van der Waals surface area contributed by atoms with Crippen molar-refractivity contribution in [3.63, 3.8) is 0 Å². The number of hydrogen-bond acceptors (Lipinski definition) is 8. The summed E-state index contributed by atoms with van der Waals surface area (Å²) in [6.45, 7) is 0. The van der Waals surface area contributed by atoms with Crippen LogP contribution in [0.25, 0.3) is 0 Å². The summed E-state index contributed by atoms with van der Waals surface area (Å²) in [6, 6.07) is 56.9. The number of benzene rings is 8. The third kappa shape index (κ3) is 9.52. The Morgan fingerprint density at radius 1 is 0.262 bits per heavy atom. The highest BCUT2D eigenvalue weighted by atomic mass is 16.2. The molecule has 4 amide bonds. The summed E-state index contributed by atoms with van der Waals surface area (Å²) in [5.41, 5.74) is 31.9. The van der Waals surface area contributed by atoms with E-state index in [0.717, 1.165) is 22.3 Å². The lowest BCUT2D eigenvalue weighted by molar-refractivity contribution is 0.101. The van der Waals surface area contributed by atoms with Gasteiger partial charge < -0.3 is 44.2 Å². The van der Waals surface area contributed by atoms with E-state index in [2.05, 4.69) is 21.3 Å². The summed E-state index contributed by atoms with van der Waals surface area (Å²) in [5, 5.41) is 11.9. The number of nitrogens with one attached hydrogen (secondary N) is 4. The normalized spacial score (nSPS) is 11.0. The second kappa shape index (κ2) is 18.4. The van der Waals surface area contributed by atoms with E-state index in [-0.39, 0.29) is 23.6 Å². The molecule has 0 radical (unpaired) electrons. The van der Waals surface area contributed by atoms with Crippen LogP contribution in [-0.4, -0.2) is 23.6 Å². The first-order chi connectivity index (χ1) is 31.4. The molecule has 0 aliphatic rings. The molecule has 0 heterocycles. The Kier molecular flexibility index (Phi) is 12.1. The van der Waals surface area contributed by atoms with Crippen LogP contribution < -0.4 is 44.2 Å². The Bertz CT molecular complexity index is 2560. The molecule has 8 aromatic rings. The molecule has 12 N–H and O–H groups in total. The fraction of sp³-hybridized carbons (Fsp3) is 0.0189. The highest BCUT2D eigenvalue weighted by Crippen LogP contribution is 2.46. The molecule has 0 atom stereocenters. The number of nitrogens with two attached hydrogens (primary N) is 4. The van der Waals surface area contributed by atoms with Gasteiger partial charge in [0.25, 0.3) is 23.6 Å². The van der Waals surface area contributed by atoms with Gasteiger partial charge in [0, 0.05) is 67.8 Å². The fourth-order valence-corrected chi connectivity index (χ4v) is 7.57. The molecule has 0 saturated heterocycles. The first-order valence-corrected chi connectivity index (χ1v) is 20.5. The largest absolute Gasteiger partial charge is 0.399 e. The standard InChI is InChI=1S/C53H44N8O4/c54-41-17-1-33(2-18-41)49(62)58-45-25-9-37(10-26-45)53(38-11-27-46(28-12-38)59-50(63)34-3-19-42(55)20-4-34,39-13-29-47(30-14-39)60-51(64)35-5-21-43(56)22-6-35)40-15-31-48(32-16-40)61-52(65)36-7-23-44(57)24-8-36/h1-32H,54-57H2,(H,58,62)(H,59,63)(H,60,64)(H,61,65). The number of hydrogen-bond donors (Lipinski definition) is 8. The smallest absolute Gasteiger partial charge is 0.255 e. The average Bonchev–Trinajstić information content (AvgIpc) is 3.32. The van der Waals surface area contributed by atoms with Crippen LogP contribution in [0.5, 0.6) is 0 Å². The molecule has 0 fully saturated rings. The third-order valence-electron chi connectivity index (χ3n) is 11.0. The number of carbonyl (C=O) groups excluding carboxylic acids is 4. The van der Waals surface area contributed by atoms with E-state index in [4.69, 9.17) is 22.9 Å². The number of carbonyl (C=O) groups is 4. The number of rotatable bonds is 12. The van der Waals surface area contributed by atoms with Gasteiger partial charge in [-0.25, -0.2) is 0 Å². The second-order valence-electron chi connectivity index (χ2n) is 15.4. The van der Waals surface area contributed by atoms with Crippen LogP contribution in [0.15, 0.2) is 194 Å². The molecule has 8 aromatic carbocycles. The van der Waals surface area contributed by atoms with Crippen molar-refractivity contribution < 1.29 is 19.2 Å².